The van der Waals surface area contributed by atoms with E-state index in [-0.39, 0.29) is 11.8 Å². The fourth-order valence-corrected chi connectivity index (χ4v) is 3.29. The molecule has 3 nitrogen and oxygen atoms in total. The Hall–Kier alpha value is -1.35. The fraction of sp³-hybridized carbons (Fsp3) is 0.682. The number of unbranched alkanes of at least 4 members (excludes halogenated alkanes) is 7. The first-order valence-electron chi connectivity index (χ1n) is 9.89. The number of hydrogen-bond acceptors (Lipinski definition) is 2. The average molecular weight is 349 g/mol. The van der Waals surface area contributed by atoms with Crippen molar-refractivity contribution in [2.24, 2.45) is 0 Å². The summed E-state index contributed by atoms with van der Waals surface area (Å²) in [5, 5.41) is 0. The predicted octanol–water partition coefficient (Wildman–Crippen LogP) is 5.48. The minimum Gasteiger partial charge on any atom is -0.497 e. The Morgan fingerprint density at radius 3 is 1.92 bits per heavy atom. The van der Waals surface area contributed by atoms with E-state index in [9.17, 15) is 4.79 Å². The van der Waals surface area contributed by atoms with Crippen molar-refractivity contribution < 1.29 is 14.0 Å². The summed E-state index contributed by atoms with van der Waals surface area (Å²) in [6.07, 6.45) is 11.4. The van der Waals surface area contributed by atoms with Crippen LogP contribution < -0.4 is 4.74 Å². The van der Waals surface area contributed by atoms with Gasteiger partial charge in [-0.2, -0.15) is 0 Å². The van der Waals surface area contributed by atoms with Crippen LogP contribution in [-0.4, -0.2) is 44.6 Å². The third-order valence-electron chi connectivity index (χ3n) is 4.94. The van der Waals surface area contributed by atoms with Gasteiger partial charge in [-0.3, -0.25) is 4.79 Å². The van der Waals surface area contributed by atoms with Gasteiger partial charge < -0.3 is 9.22 Å². The van der Waals surface area contributed by atoms with Gasteiger partial charge in [-0.25, -0.2) is 0 Å². The van der Waals surface area contributed by atoms with Crippen molar-refractivity contribution in [2.45, 2.75) is 70.8 Å². The smallest absolute Gasteiger partial charge is 0.219 e. The zero-order valence-corrected chi connectivity index (χ0v) is 17.0. The maximum absolute atomic E-state index is 13.0. The van der Waals surface area contributed by atoms with E-state index < -0.39 is 0 Å². The van der Waals surface area contributed by atoms with Crippen molar-refractivity contribution in [3.63, 3.8) is 0 Å². The number of benzene rings is 1. The molecule has 0 saturated heterocycles. The summed E-state index contributed by atoms with van der Waals surface area (Å²) in [6.45, 7) is 2.25. The van der Waals surface area contributed by atoms with Gasteiger partial charge in [0.05, 0.1) is 28.3 Å². The minimum atomic E-state index is 0.0217. The highest BCUT2D eigenvalue weighted by Gasteiger charge is 2.31. The molecule has 0 aliphatic heterocycles. The Morgan fingerprint density at radius 2 is 1.44 bits per heavy atom. The molecule has 0 bridgehead atoms. The van der Waals surface area contributed by atoms with E-state index in [4.69, 9.17) is 4.74 Å². The molecule has 1 aromatic carbocycles. The normalized spacial score (nSPS) is 12.8. The van der Waals surface area contributed by atoms with E-state index in [1.807, 2.05) is 24.3 Å². The van der Waals surface area contributed by atoms with E-state index in [0.29, 0.717) is 4.48 Å². The van der Waals surface area contributed by atoms with Crippen LogP contribution in [0.25, 0.3) is 0 Å². The van der Waals surface area contributed by atoms with Crippen molar-refractivity contribution >= 4 is 5.78 Å². The summed E-state index contributed by atoms with van der Waals surface area (Å²) in [4.78, 5) is 13.0. The number of carbonyl (C=O) groups excluding carboxylic acids is 1. The van der Waals surface area contributed by atoms with Gasteiger partial charge in [-0.1, -0.05) is 51.9 Å². The molecule has 0 unspecified atom stereocenters. The van der Waals surface area contributed by atoms with Crippen LogP contribution in [-0.2, 0) is 0 Å². The van der Waals surface area contributed by atoms with Crippen molar-refractivity contribution in [1.82, 2.24) is 0 Å². The Labute approximate surface area is 155 Å². The molecule has 0 N–H and O–H groups in total. The van der Waals surface area contributed by atoms with Gasteiger partial charge in [-0.05, 0) is 30.7 Å². The molecule has 0 spiro atoms. The fourth-order valence-electron chi connectivity index (χ4n) is 3.29. The highest BCUT2D eigenvalue weighted by Crippen LogP contribution is 2.20. The lowest BCUT2D eigenvalue weighted by atomic mass is 9.96. The molecule has 0 aromatic heterocycles. The zero-order valence-electron chi connectivity index (χ0n) is 17.0. The Bertz CT molecular complexity index is 488. The molecule has 1 aromatic rings. The van der Waals surface area contributed by atoms with Crippen LogP contribution >= 0.6 is 0 Å². The number of methoxy groups -OCH3 is 1. The van der Waals surface area contributed by atoms with E-state index in [1.165, 1.54) is 44.9 Å². The van der Waals surface area contributed by atoms with E-state index >= 15 is 0 Å². The maximum Gasteiger partial charge on any atom is 0.219 e. The second kappa shape index (κ2) is 11.3. The topological polar surface area (TPSA) is 26.3 Å². The molecular weight excluding hydrogens is 310 g/mol. The Balaban J connectivity index is 2.49. The maximum atomic E-state index is 13.0. The number of nitrogens with zero attached hydrogens (tertiary/aromatic N) is 1. The van der Waals surface area contributed by atoms with Gasteiger partial charge in [0.15, 0.2) is 6.04 Å². The lowest BCUT2D eigenvalue weighted by Crippen LogP contribution is -2.49. The first-order valence-corrected chi connectivity index (χ1v) is 9.89. The summed E-state index contributed by atoms with van der Waals surface area (Å²) in [5.41, 5.74) is 0.790. The number of carbonyl (C=O) groups is 1. The number of ether oxygens (including phenoxy) is 1. The van der Waals surface area contributed by atoms with Gasteiger partial charge in [0.1, 0.15) is 5.75 Å². The number of hydrogen-bond donors (Lipinski definition) is 0. The summed E-state index contributed by atoms with van der Waals surface area (Å²) in [7, 11) is 8.01. The summed E-state index contributed by atoms with van der Waals surface area (Å²) >= 11 is 0. The third-order valence-corrected chi connectivity index (χ3v) is 4.94. The van der Waals surface area contributed by atoms with Crippen molar-refractivity contribution in [3.05, 3.63) is 29.8 Å². The van der Waals surface area contributed by atoms with E-state index in [1.54, 1.807) is 7.11 Å². The van der Waals surface area contributed by atoms with E-state index in [2.05, 4.69) is 28.1 Å². The minimum absolute atomic E-state index is 0.0217. The molecule has 25 heavy (non-hydrogen) atoms. The molecular formula is C22H38NO2+. The van der Waals surface area contributed by atoms with Crippen molar-refractivity contribution in [3.8, 4) is 5.75 Å². The third kappa shape index (κ3) is 8.04. The molecule has 3 heteroatoms. The number of quaternary nitrogens is 1. The molecule has 0 saturated carbocycles. The van der Waals surface area contributed by atoms with Crippen LogP contribution in [0.5, 0.6) is 5.75 Å². The Morgan fingerprint density at radius 1 is 0.920 bits per heavy atom. The van der Waals surface area contributed by atoms with Gasteiger partial charge in [0.25, 0.3) is 0 Å². The molecule has 0 radical (unpaired) electrons. The SMILES string of the molecule is CCCCCCCCCC[C@@H](C(=O)c1ccc(OC)cc1)[N+](C)(C)C. The molecule has 1 rings (SSSR count). The van der Waals surface area contributed by atoms with Gasteiger partial charge in [-0.15, -0.1) is 0 Å². The average Bonchev–Trinajstić information content (AvgIpc) is 2.59. The largest absolute Gasteiger partial charge is 0.497 e. The standard InChI is InChI=1S/C22H38NO2/c1-6-7-8-9-10-11-12-13-14-21(23(2,3)4)22(24)19-15-17-20(25-5)18-16-19/h15-18,21H,6-14H2,1-5H3/q+1/t21-/m0/s1. The molecule has 142 valence electrons. The monoisotopic (exact) mass is 348 g/mol. The van der Waals surface area contributed by atoms with Crippen LogP contribution in [0.1, 0.15) is 75.1 Å². The molecule has 0 heterocycles. The van der Waals surface area contributed by atoms with Crippen LogP contribution in [0.3, 0.4) is 0 Å². The predicted molar refractivity (Wildman–Crippen MR) is 106 cm³/mol. The van der Waals surface area contributed by atoms with Gasteiger partial charge in [0.2, 0.25) is 5.78 Å². The quantitative estimate of drug-likeness (QED) is 0.268. The molecule has 0 aliphatic carbocycles. The second-order valence-electron chi connectivity index (χ2n) is 7.99. The highest BCUT2D eigenvalue weighted by atomic mass is 16.5. The first-order chi connectivity index (χ1) is 11.9. The van der Waals surface area contributed by atoms with Crippen LogP contribution in [0.2, 0.25) is 0 Å². The summed E-state index contributed by atoms with van der Waals surface area (Å²) in [5.74, 6) is 1.04. The second-order valence-corrected chi connectivity index (χ2v) is 7.99. The number of likely N-dealkylation sites (N-methyl/N-ethyl adjacent to an activating group) is 1. The number of Topliss-reactive ketones (excluding diaryl/α,β-unsaturated/α-hetero) is 1. The lowest BCUT2D eigenvalue weighted by Gasteiger charge is -2.33. The molecule has 0 amide bonds. The Kier molecular flexibility index (Phi) is 9.81. The molecule has 1 atom stereocenters. The summed E-state index contributed by atoms with van der Waals surface area (Å²) < 4.78 is 5.87. The van der Waals surface area contributed by atoms with E-state index in [0.717, 1.165) is 24.2 Å². The zero-order chi connectivity index (χ0) is 18.7. The summed E-state index contributed by atoms with van der Waals surface area (Å²) in [6, 6.07) is 7.54. The molecule has 0 aliphatic rings. The van der Waals surface area contributed by atoms with Crippen molar-refractivity contribution in [2.75, 3.05) is 28.3 Å². The number of rotatable bonds is 13. The van der Waals surface area contributed by atoms with Crippen molar-refractivity contribution in [1.29, 1.82) is 0 Å². The highest BCUT2D eigenvalue weighted by molar-refractivity contribution is 5.99. The first kappa shape index (κ1) is 21.7. The van der Waals surface area contributed by atoms with Gasteiger partial charge in [0, 0.05) is 12.0 Å². The van der Waals surface area contributed by atoms with Crippen LogP contribution in [0, 0.1) is 0 Å². The lowest BCUT2D eigenvalue weighted by molar-refractivity contribution is -0.886. The number of ketones is 1. The van der Waals surface area contributed by atoms with Crippen LogP contribution in [0.4, 0.5) is 0 Å². The molecule has 0 fully saturated rings. The van der Waals surface area contributed by atoms with Gasteiger partial charge >= 0.3 is 0 Å². The van der Waals surface area contributed by atoms with Crippen LogP contribution in [0.15, 0.2) is 24.3 Å².